The van der Waals surface area contributed by atoms with Crippen LogP contribution in [0.1, 0.15) is 17.2 Å². The zero-order valence-electron chi connectivity index (χ0n) is 28.1. The fraction of sp³-hybridized carbons (Fsp3) is 0.333. The van der Waals surface area contributed by atoms with Crippen LogP contribution in [0.25, 0.3) is 28.4 Å². The first-order chi connectivity index (χ1) is 25.7. The first-order valence-corrected chi connectivity index (χ1v) is 16.3. The number of carbonyl (C=O) groups is 1. The minimum Gasteiger partial charge on any atom is -0.507 e. The molecular formula is C36H36O18. The van der Waals surface area contributed by atoms with Gasteiger partial charge in [0.1, 0.15) is 78.1 Å². The van der Waals surface area contributed by atoms with E-state index in [1.54, 1.807) is 0 Å². The van der Waals surface area contributed by atoms with Gasteiger partial charge in [0.2, 0.25) is 0 Å². The van der Waals surface area contributed by atoms with Crippen LogP contribution in [0.15, 0.2) is 63.8 Å². The van der Waals surface area contributed by atoms with Crippen LogP contribution in [0.5, 0.6) is 34.5 Å². The number of aliphatic hydroxyl groups is 5. The summed E-state index contributed by atoms with van der Waals surface area (Å²) < 4.78 is 33.6. The molecule has 0 radical (unpaired) electrons. The van der Waals surface area contributed by atoms with Crippen molar-refractivity contribution in [2.24, 2.45) is 0 Å². The van der Waals surface area contributed by atoms with Crippen LogP contribution in [0.3, 0.4) is 0 Å². The Balaban J connectivity index is 1.38. The molecule has 4 aromatic rings. The molecule has 2 fully saturated rings. The number of rotatable bonds is 9. The van der Waals surface area contributed by atoms with Crippen molar-refractivity contribution in [3.05, 3.63) is 76.0 Å². The topological polar surface area (TPSA) is 296 Å². The van der Waals surface area contributed by atoms with Crippen LogP contribution in [0.2, 0.25) is 0 Å². The monoisotopic (exact) mass is 756 g/mol. The third kappa shape index (κ3) is 7.49. The SMILES string of the molecule is COc1cc(/C=C/C(=O)OC[C@@H]2O[C@@H](c3c(O)cc(O)c4c(=O)cc(-c5ccc(O)c(O)c5)oc34)C(O[C@@H]3OC[C@@H](O)C(O)C3O)C(O)[C@@H]2O)ccc1O. The number of esters is 1. The Labute approximate surface area is 304 Å². The molecule has 1 aromatic heterocycles. The van der Waals surface area contributed by atoms with Crippen molar-refractivity contribution in [2.75, 3.05) is 20.3 Å². The minimum absolute atomic E-state index is 0.0702. The Hall–Kier alpha value is -5.44. The molecule has 18 heteroatoms. The maximum Gasteiger partial charge on any atom is 0.330 e. The van der Waals surface area contributed by atoms with E-state index < -0.39 is 119 Å². The van der Waals surface area contributed by atoms with Gasteiger partial charge in [0.25, 0.3) is 0 Å². The highest BCUT2D eigenvalue weighted by molar-refractivity contribution is 5.90. The lowest BCUT2D eigenvalue weighted by molar-refractivity contribution is -0.325. The number of phenols is 5. The molecule has 9 atom stereocenters. The van der Waals surface area contributed by atoms with Crippen LogP contribution >= 0.6 is 0 Å². The second-order valence-corrected chi connectivity index (χ2v) is 12.5. The van der Waals surface area contributed by atoms with Crippen molar-refractivity contribution in [1.82, 2.24) is 0 Å². The van der Waals surface area contributed by atoms with Crippen LogP contribution in [-0.2, 0) is 23.7 Å². The minimum atomic E-state index is -2.00. The molecule has 0 saturated carbocycles. The highest BCUT2D eigenvalue weighted by Gasteiger charge is 2.51. The Morgan fingerprint density at radius 1 is 0.833 bits per heavy atom. The number of benzene rings is 3. The summed E-state index contributed by atoms with van der Waals surface area (Å²) in [5.74, 6) is -3.70. The van der Waals surface area contributed by atoms with Gasteiger partial charge in [-0.25, -0.2) is 4.79 Å². The molecule has 0 aliphatic carbocycles. The van der Waals surface area contributed by atoms with Gasteiger partial charge in [-0.05, 0) is 42.0 Å². The van der Waals surface area contributed by atoms with Crippen molar-refractivity contribution in [3.63, 3.8) is 0 Å². The second-order valence-electron chi connectivity index (χ2n) is 12.5. The normalized spacial score (nSPS) is 27.3. The van der Waals surface area contributed by atoms with Crippen LogP contribution in [0, 0.1) is 0 Å². The summed E-state index contributed by atoms with van der Waals surface area (Å²) in [6, 6.07) is 9.51. The molecule has 6 rings (SSSR count). The van der Waals surface area contributed by atoms with E-state index in [2.05, 4.69) is 0 Å². The number of hydrogen-bond acceptors (Lipinski definition) is 18. The van der Waals surface area contributed by atoms with Crippen molar-refractivity contribution in [2.45, 2.75) is 55.1 Å². The predicted molar refractivity (Wildman–Crippen MR) is 181 cm³/mol. The molecule has 0 bridgehead atoms. The van der Waals surface area contributed by atoms with Gasteiger partial charge >= 0.3 is 5.97 Å². The third-order valence-corrected chi connectivity index (χ3v) is 8.98. The zero-order chi connectivity index (χ0) is 39.0. The lowest BCUT2D eigenvalue weighted by atomic mass is 9.89. The number of ether oxygens (including phenoxy) is 5. The van der Waals surface area contributed by atoms with Crippen LogP contribution < -0.4 is 10.2 Å². The van der Waals surface area contributed by atoms with Crippen molar-refractivity contribution in [1.29, 1.82) is 0 Å². The van der Waals surface area contributed by atoms with E-state index in [0.29, 0.717) is 5.56 Å². The predicted octanol–water partition coefficient (Wildman–Crippen LogP) is 0.239. The van der Waals surface area contributed by atoms with E-state index in [4.69, 9.17) is 28.1 Å². The molecule has 2 saturated heterocycles. The Morgan fingerprint density at radius 3 is 2.30 bits per heavy atom. The van der Waals surface area contributed by atoms with Crippen molar-refractivity contribution in [3.8, 4) is 45.8 Å². The summed E-state index contributed by atoms with van der Waals surface area (Å²) in [5.41, 5.74) is -1.29. The molecule has 54 heavy (non-hydrogen) atoms. The van der Waals surface area contributed by atoms with E-state index in [0.717, 1.165) is 30.3 Å². The smallest absolute Gasteiger partial charge is 0.330 e. The maximum atomic E-state index is 13.4. The fourth-order valence-electron chi connectivity index (χ4n) is 6.11. The number of methoxy groups -OCH3 is 1. The number of carbonyl (C=O) groups excluding carboxylic acids is 1. The lowest BCUT2D eigenvalue weighted by Gasteiger charge is -2.45. The van der Waals surface area contributed by atoms with E-state index in [-0.39, 0.29) is 22.8 Å². The summed E-state index contributed by atoms with van der Waals surface area (Å²) in [4.78, 5) is 26.1. The quantitative estimate of drug-likeness (QED) is 0.0621. The molecular weight excluding hydrogens is 720 g/mol. The Morgan fingerprint density at radius 2 is 1.57 bits per heavy atom. The summed E-state index contributed by atoms with van der Waals surface area (Å²) in [6.07, 6.45) is -13.6. The second kappa shape index (κ2) is 15.5. The van der Waals surface area contributed by atoms with Gasteiger partial charge in [-0.1, -0.05) is 6.07 Å². The van der Waals surface area contributed by atoms with Gasteiger partial charge < -0.3 is 79.2 Å². The van der Waals surface area contributed by atoms with Gasteiger partial charge in [0, 0.05) is 23.8 Å². The van der Waals surface area contributed by atoms with Crippen LogP contribution in [0.4, 0.5) is 0 Å². The number of phenolic OH excluding ortho intramolecular Hbond substituents is 5. The lowest BCUT2D eigenvalue weighted by Crippen LogP contribution is -2.60. The average Bonchev–Trinajstić information content (AvgIpc) is 3.14. The molecule has 2 aliphatic heterocycles. The van der Waals surface area contributed by atoms with Gasteiger partial charge in [0.15, 0.2) is 40.3 Å². The number of fused-ring (bicyclic) bond motifs is 1. The standard InChI is InChI=1S/C36H36O18/c1-49-24-8-14(2-5-17(24)38)3-7-26(44)50-13-25-30(46)31(47)35(54-36-32(48)29(45)22(43)12-51-36)34(53-25)28-20(41)10-19(40)27-21(42)11-23(52-33(27)28)15-4-6-16(37)18(39)9-15/h2-11,22,25,29-32,34-41,43,45-48H,12-13H2,1H3/b7-3+/t22-,25+,29?,30-,31?,32?,34+,35?,36+/m1/s1. The van der Waals surface area contributed by atoms with Gasteiger partial charge in [-0.3, -0.25) is 4.79 Å². The highest BCUT2D eigenvalue weighted by atomic mass is 16.7. The zero-order valence-corrected chi connectivity index (χ0v) is 28.1. The number of hydrogen-bond donors (Lipinski definition) is 10. The third-order valence-electron chi connectivity index (χ3n) is 8.98. The largest absolute Gasteiger partial charge is 0.507 e. The fourth-order valence-corrected chi connectivity index (χ4v) is 6.11. The highest BCUT2D eigenvalue weighted by Crippen LogP contribution is 2.45. The summed E-state index contributed by atoms with van der Waals surface area (Å²) in [7, 11) is 1.34. The molecule has 2 aliphatic rings. The van der Waals surface area contributed by atoms with Crippen molar-refractivity contribution < 1.29 is 84.0 Å². The van der Waals surface area contributed by atoms with E-state index in [9.17, 15) is 60.7 Å². The maximum absolute atomic E-state index is 13.4. The molecule has 0 amide bonds. The average molecular weight is 757 g/mol. The van der Waals surface area contributed by atoms with E-state index in [1.807, 2.05) is 0 Å². The first-order valence-electron chi connectivity index (χ1n) is 16.3. The summed E-state index contributed by atoms with van der Waals surface area (Å²) >= 11 is 0. The first kappa shape index (κ1) is 38.3. The number of aliphatic hydroxyl groups excluding tert-OH is 5. The molecule has 3 aromatic carbocycles. The molecule has 18 nitrogen and oxygen atoms in total. The number of aromatic hydroxyl groups is 5. The van der Waals surface area contributed by atoms with Crippen molar-refractivity contribution >= 4 is 23.0 Å². The van der Waals surface area contributed by atoms with E-state index in [1.165, 1.54) is 37.5 Å². The summed E-state index contributed by atoms with van der Waals surface area (Å²) in [5, 5.41) is 105. The molecule has 10 N–H and O–H groups in total. The summed E-state index contributed by atoms with van der Waals surface area (Å²) in [6.45, 7) is -1.23. The molecule has 288 valence electrons. The Bertz CT molecular complexity index is 2110. The molecule has 0 spiro atoms. The molecule has 3 heterocycles. The van der Waals surface area contributed by atoms with E-state index >= 15 is 0 Å². The van der Waals surface area contributed by atoms with Crippen LogP contribution in [-0.4, -0.2) is 126 Å². The molecule has 4 unspecified atom stereocenters. The Kier molecular flexibility index (Phi) is 11.0. The van der Waals surface area contributed by atoms with Gasteiger partial charge in [-0.15, -0.1) is 0 Å². The van der Waals surface area contributed by atoms with Gasteiger partial charge in [-0.2, -0.15) is 0 Å². The van der Waals surface area contributed by atoms with Gasteiger partial charge in [0.05, 0.1) is 19.3 Å².